The molecule has 0 atom stereocenters. The van der Waals surface area contributed by atoms with Crippen molar-refractivity contribution in [1.82, 2.24) is 15.0 Å². The molecular formula is C12H12FN3O3. The third-order valence-corrected chi connectivity index (χ3v) is 2.48. The van der Waals surface area contributed by atoms with E-state index in [1.54, 1.807) is 13.0 Å². The summed E-state index contributed by atoms with van der Waals surface area (Å²) in [7, 11) is 0. The number of aromatic nitrogens is 3. The summed E-state index contributed by atoms with van der Waals surface area (Å²) in [5.41, 5.74) is 0.393. The molecule has 0 saturated heterocycles. The smallest absolute Gasteiger partial charge is 0.358 e. The molecule has 0 fully saturated rings. The highest BCUT2D eigenvalue weighted by atomic mass is 19.1. The molecule has 1 heterocycles. The molecule has 100 valence electrons. The average Bonchev–Trinajstić information content (AvgIpc) is 2.83. The molecule has 0 aliphatic rings. The van der Waals surface area contributed by atoms with Gasteiger partial charge in [0.05, 0.1) is 12.7 Å². The van der Waals surface area contributed by atoms with Gasteiger partial charge in [-0.25, -0.2) is 13.9 Å². The van der Waals surface area contributed by atoms with Crippen molar-refractivity contribution in [1.29, 1.82) is 0 Å². The lowest BCUT2D eigenvalue weighted by Crippen LogP contribution is -2.09. The monoisotopic (exact) mass is 265 g/mol. The van der Waals surface area contributed by atoms with E-state index < -0.39 is 5.97 Å². The Morgan fingerprint density at radius 2 is 2.32 bits per heavy atom. The molecule has 0 unspecified atom stereocenters. The third kappa shape index (κ3) is 3.27. The van der Waals surface area contributed by atoms with Crippen LogP contribution < -0.4 is 4.74 Å². The van der Waals surface area contributed by atoms with Crippen LogP contribution >= 0.6 is 0 Å². The van der Waals surface area contributed by atoms with Crippen molar-refractivity contribution in [3.63, 3.8) is 0 Å². The van der Waals surface area contributed by atoms with Gasteiger partial charge in [0.25, 0.3) is 0 Å². The molecule has 1 aromatic carbocycles. The highest BCUT2D eigenvalue weighted by Crippen LogP contribution is 2.15. The number of carboxylic acid groups (broad SMARTS) is 1. The second kappa shape index (κ2) is 5.47. The number of hydrogen-bond acceptors (Lipinski definition) is 4. The number of nitrogens with zero attached hydrogens (tertiary/aromatic N) is 3. The van der Waals surface area contributed by atoms with Crippen molar-refractivity contribution in [3.05, 3.63) is 41.5 Å². The third-order valence-electron chi connectivity index (χ3n) is 2.48. The molecule has 1 N–H and O–H groups in total. The van der Waals surface area contributed by atoms with Crippen LogP contribution in [0.1, 0.15) is 16.1 Å². The first-order valence-corrected chi connectivity index (χ1v) is 5.58. The van der Waals surface area contributed by atoms with E-state index in [2.05, 4.69) is 10.3 Å². The van der Waals surface area contributed by atoms with E-state index in [1.165, 1.54) is 23.0 Å². The maximum absolute atomic E-state index is 13.0. The van der Waals surface area contributed by atoms with Crippen LogP contribution in [0.5, 0.6) is 5.75 Å². The molecule has 0 aliphatic heterocycles. The minimum Gasteiger partial charge on any atom is -0.492 e. The summed E-state index contributed by atoms with van der Waals surface area (Å²) in [6.07, 6.45) is 1.32. The van der Waals surface area contributed by atoms with Crippen molar-refractivity contribution in [3.8, 4) is 5.75 Å². The SMILES string of the molecule is Cc1cc(OCCn2cc(C(=O)O)nn2)ccc1F. The lowest BCUT2D eigenvalue weighted by atomic mass is 10.2. The largest absolute Gasteiger partial charge is 0.492 e. The van der Waals surface area contributed by atoms with Gasteiger partial charge in [0, 0.05) is 0 Å². The van der Waals surface area contributed by atoms with E-state index >= 15 is 0 Å². The van der Waals surface area contributed by atoms with Crippen LogP contribution in [-0.2, 0) is 6.54 Å². The molecule has 19 heavy (non-hydrogen) atoms. The summed E-state index contributed by atoms with van der Waals surface area (Å²) in [5, 5.41) is 15.8. The number of halogens is 1. The average molecular weight is 265 g/mol. The molecule has 0 saturated carbocycles. The Bertz CT molecular complexity index is 598. The zero-order chi connectivity index (χ0) is 13.8. The fraction of sp³-hybridized carbons (Fsp3) is 0.250. The zero-order valence-corrected chi connectivity index (χ0v) is 10.2. The molecule has 0 spiro atoms. The van der Waals surface area contributed by atoms with Crippen LogP contribution in [0.25, 0.3) is 0 Å². The number of aryl methyl sites for hydroxylation is 1. The van der Waals surface area contributed by atoms with Crippen molar-refractivity contribution in [2.75, 3.05) is 6.61 Å². The van der Waals surface area contributed by atoms with Crippen LogP contribution in [0.15, 0.2) is 24.4 Å². The Balaban J connectivity index is 1.88. The predicted molar refractivity (Wildman–Crippen MR) is 63.6 cm³/mol. The highest BCUT2D eigenvalue weighted by molar-refractivity contribution is 5.84. The predicted octanol–water partition coefficient (Wildman–Crippen LogP) is 1.50. The summed E-state index contributed by atoms with van der Waals surface area (Å²) in [4.78, 5) is 10.6. The van der Waals surface area contributed by atoms with Crippen molar-refractivity contribution in [2.45, 2.75) is 13.5 Å². The quantitative estimate of drug-likeness (QED) is 0.886. The van der Waals surface area contributed by atoms with Crippen LogP contribution in [0, 0.1) is 12.7 Å². The molecular weight excluding hydrogens is 253 g/mol. The molecule has 0 amide bonds. The molecule has 7 heteroatoms. The minimum absolute atomic E-state index is 0.113. The summed E-state index contributed by atoms with van der Waals surface area (Å²) in [5.74, 6) is -0.853. The van der Waals surface area contributed by atoms with E-state index in [0.717, 1.165) is 0 Å². The number of carboxylic acids is 1. The standard InChI is InChI=1S/C12H12FN3O3/c1-8-6-9(2-3-10(8)13)19-5-4-16-7-11(12(17)18)14-15-16/h2-3,6-7H,4-5H2,1H3,(H,17,18). The van der Waals surface area contributed by atoms with Gasteiger partial charge >= 0.3 is 5.97 Å². The Morgan fingerprint density at radius 3 is 2.95 bits per heavy atom. The molecule has 0 radical (unpaired) electrons. The second-order valence-corrected chi connectivity index (χ2v) is 3.93. The Kier molecular flexibility index (Phi) is 3.74. The maximum Gasteiger partial charge on any atom is 0.358 e. The van der Waals surface area contributed by atoms with E-state index in [1.807, 2.05) is 0 Å². The lowest BCUT2D eigenvalue weighted by molar-refractivity contribution is 0.0690. The first-order valence-electron chi connectivity index (χ1n) is 5.58. The van der Waals surface area contributed by atoms with Gasteiger partial charge in [-0.2, -0.15) is 0 Å². The van der Waals surface area contributed by atoms with Gasteiger partial charge in [0.1, 0.15) is 18.2 Å². The number of benzene rings is 1. The zero-order valence-electron chi connectivity index (χ0n) is 10.2. The van der Waals surface area contributed by atoms with Gasteiger partial charge < -0.3 is 9.84 Å². The molecule has 2 rings (SSSR count). The van der Waals surface area contributed by atoms with Crippen LogP contribution in [0.2, 0.25) is 0 Å². The van der Waals surface area contributed by atoms with E-state index in [0.29, 0.717) is 17.9 Å². The summed E-state index contributed by atoms with van der Waals surface area (Å²) in [6.45, 7) is 2.29. The topological polar surface area (TPSA) is 77.2 Å². The first kappa shape index (κ1) is 13.0. The normalized spacial score (nSPS) is 10.4. The Labute approximate surface area is 108 Å². The van der Waals surface area contributed by atoms with Crippen LogP contribution in [-0.4, -0.2) is 32.7 Å². The van der Waals surface area contributed by atoms with Gasteiger partial charge in [-0.3, -0.25) is 0 Å². The van der Waals surface area contributed by atoms with E-state index in [9.17, 15) is 9.18 Å². The molecule has 0 bridgehead atoms. The van der Waals surface area contributed by atoms with E-state index in [4.69, 9.17) is 9.84 Å². The van der Waals surface area contributed by atoms with Crippen molar-refractivity contribution < 1.29 is 19.0 Å². The van der Waals surface area contributed by atoms with Gasteiger partial charge in [-0.05, 0) is 30.7 Å². The first-order chi connectivity index (χ1) is 9.06. The van der Waals surface area contributed by atoms with Gasteiger partial charge in [-0.1, -0.05) is 5.21 Å². The molecule has 1 aromatic heterocycles. The van der Waals surface area contributed by atoms with Crippen molar-refractivity contribution in [2.24, 2.45) is 0 Å². The summed E-state index contributed by atoms with van der Waals surface area (Å²) >= 11 is 0. The molecule has 0 aliphatic carbocycles. The fourth-order valence-electron chi connectivity index (χ4n) is 1.47. The van der Waals surface area contributed by atoms with Crippen LogP contribution in [0.3, 0.4) is 0 Å². The number of hydrogen-bond donors (Lipinski definition) is 1. The molecule has 2 aromatic rings. The van der Waals surface area contributed by atoms with Crippen molar-refractivity contribution >= 4 is 5.97 Å². The number of rotatable bonds is 5. The number of carbonyl (C=O) groups is 1. The highest BCUT2D eigenvalue weighted by Gasteiger charge is 2.08. The van der Waals surface area contributed by atoms with Gasteiger partial charge in [0.2, 0.25) is 0 Å². The maximum atomic E-state index is 13.0. The van der Waals surface area contributed by atoms with Crippen LogP contribution in [0.4, 0.5) is 4.39 Å². The lowest BCUT2D eigenvalue weighted by Gasteiger charge is -2.06. The Hall–Kier alpha value is -2.44. The summed E-state index contributed by atoms with van der Waals surface area (Å²) in [6, 6.07) is 4.47. The fourth-order valence-corrected chi connectivity index (χ4v) is 1.47. The Morgan fingerprint density at radius 1 is 1.53 bits per heavy atom. The number of ether oxygens (including phenoxy) is 1. The number of aromatic carboxylic acids is 1. The van der Waals surface area contributed by atoms with E-state index in [-0.39, 0.29) is 18.1 Å². The van der Waals surface area contributed by atoms with Gasteiger partial charge in [-0.15, -0.1) is 5.10 Å². The van der Waals surface area contributed by atoms with Gasteiger partial charge in [0.15, 0.2) is 5.69 Å². The second-order valence-electron chi connectivity index (χ2n) is 3.93. The molecule has 6 nitrogen and oxygen atoms in total. The summed E-state index contributed by atoms with van der Waals surface area (Å²) < 4.78 is 19.8. The minimum atomic E-state index is -1.12.